The molecule has 0 aliphatic heterocycles. The van der Waals surface area contributed by atoms with Crippen LogP contribution in [-0.4, -0.2) is 69.8 Å². The fraction of sp³-hybridized carbons (Fsp3) is 1.00. The third-order valence-corrected chi connectivity index (χ3v) is 2.53. The van der Waals surface area contributed by atoms with Crippen LogP contribution in [0.5, 0.6) is 0 Å². The molecule has 0 amide bonds. The number of methoxy groups -OCH3 is 1. The maximum absolute atomic E-state index is 10.1. The fourth-order valence-electron chi connectivity index (χ4n) is 1.62. The topological polar surface area (TPSA) is 110 Å². The van der Waals surface area contributed by atoms with Crippen LogP contribution in [0, 0.1) is 0 Å². The highest BCUT2D eigenvalue weighted by atomic mass is 16.5. The summed E-state index contributed by atoms with van der Waals surface area (Å²) in [6, 6.07) is 0. The zero-order chi connectivity index (χ0) is 12.8. The molecule has 5 N–H and O–H groups in total. The van der Waals surface area contributed by atoms with Crippen LogP contribution in [0.15, 0.2) is 0 Å². The van der Waals surface area contributed by atoms with Gasteiger partial charge < -0.3 is 30.3 Å². The Balaban J connectivity index is 4.64. The molecule has 0 aliphatic carbocycles. The first-order chi connectivity index (χ1) is 7.42. The third kappa shape index (κ3) is 3.97. The van der Waals surface area contributed by atoms with Crippen molar-refractivity contribution >= 4 is 0 Å². The van der Waals surface area contributed by atoms with Crippen LogP contribution in [0.2, 0.25) is 0 Å². The van der Waals surface area contributed by atoms with Crippen LogP contribution in [0.25, 0.3) is 0 Å². The van der Waals surface area contributed by atoms with Crippen LogP contribution in [-0.2, 0) is 4.74 Å². The van der Waals surface area contributed by atoms with E-state index in [4.69, 9.17) is 9.84 Å². The largest absolute Gasteiger partial charge is 0.394 e. The molecule has 0 aromatic heterocycles. The van der Waals surface area contributed by atoms with Gasteiger partial charge >= 0.3 is 0 Å². The van der Waals surface area contributed by atoms with Gasteiger partial charge in [-0.2, -0.15) is 0 Å². The van der Waals surface area contributed by atoms with E-state index in [1.54, 1.807) is 0 Å². The van der Waals surface area contributed by atoms with Crippen LogP contribution >= 0.6 is 0 Å². The molecule has 0 saturated carbocycles. The Hall–Kier alpha value is -0.240. The standard InChI is InChI=1S/C10H22O6/c1-3-4-10(15,6-16-2)9(14)8(13)7(12)5-11/h7-9,11-15H,3-6H2,1-2H3/t7-,8-,9+,10+/m1/s1. The summed E-state index contributed by atoms with van der Waals surface area (Å²) < 4.78 is 4.78. The van der Waals surface area contributed by atoms with Gasteiger partial charge in [0.15, 0.2) is 0 Å². The SMILES string of the molecule is CCC[C@](O)(COC)[C@@H](O)[C@H](O)[C@H](O)CO. The lowest BCUT2D eigenvalue weighted by Crippen LogP contribution is -2.56. The number of ether oxygens (including phenoxy) is 1. The van der Waals surface area contributed by atoms with E-state index >= 15 is 0 Å². The number of hydrogen-bond donors (Lipinski definition) is 5. The fourth-order valence-corrected chi connectivity index (χ4v) is 1.62. The molecule has 4 atom stereocenters. The highest BCUT2D eigenvalue weighted by molar-refractivity contribution is 4.92. The minimum absolute atomic E-state index is 0.156. The molecule has 16 heavy (non-hydrogen) atoms. The first-order valence-corrected chi connectivity index (χ1v) is 5.29. The van der Waals surface area contributed by atoms with E-state index in [1.165, 1.54) is 7.11 Å². The van der Waals surface area contributed by atoms with Gasteiger partial charge in [0, 0.05) is 7.11 Å². The van der Waals surface area contributed by atoms with Crippen molar-refractivity contribution in [1.29, 1.82) is 0 Å². The van der Waals surface area contributed by atoms with Crippen molar-refractivity contribution < 1.29 is 30.3 Å². The average Bonchev–Trinajstić information content (AvgIpc) is 2.26. The molecule has 0 aromatic carbocycles. The summed E-state index contributed by atoms with van der Waals surface area (Å²) in [7, 11) is 1.36. The third-order valence-electron chi connectivity index (χ3n) is 2.53. The second-order valence-electron chi connectivity index (χ2n) is 3.97. The Labute approximate surface area is 95.1 Å². The van der Waals surface area contributed by atoms with Gasteiger partial charge in [0.1, 0.15) is 23.9 Å². The molecule has 0 aliphatic rings. The molecule has 0 rings (SSSR count). The van der Waals surface area contributed by atoms with Crippen LogP contribution in [0.1, 0.15) is 19.8 Å². The molecule has 98 valence electrons. The number of hydrogen-bond acceptors (Lipinski definition) is 6. The van der Waals surface area contributed by atoms with Crippen molar-refractivity contribution in [2.24, 2.45) is 0 Å². The summed E-state index contributed by atoms with van der Waals surface area (Å²) in [5.41, 5.74) is -1.63. The predicted octanol–water partition coefficient (Wildman–Crippen LogP) is -1.76. The first kappa shape index (κ1) is 15.8. The lowest BCUT2D eigenvalue weighted by Gasteiger charge is -2.36. The van der Waals surface area contributed by atoms with Crippen molar-refractivity contribution in [3.63, 3.8) is 0 Å². The summed E-state index contributed by atoms with van der Waals surface area (Å²) in [4.78, 5) is 0. The molecule has 6 nitrogen and oxygen atoms in total. The Bertz CT molecular complexity index is 180. The molecule has 0 bridgehead atoms. The quantitative estimate of drug-likeness (QED) is 0.342. The van der Waals surface area contributed by atoms with Gasteiger partial charge in [-0.1, -0.05) is 13.3 Å². The van der Waals surface area contributed by atoms with Crippen LogP contribution < -0.4 is 0 Å². The van der Waals surface area contributed by atoms with E-state index in [9.17, 15) is 20.4 Å². The Morgan fingerprint density at radius 2 is 1.81 bits per heavy atom. The average molecular weight is 238 g/mol. The molecular weight excluding hydrogens is 216 g/mol. The lowest BCUT2D eigenvalue weighted by atomic mass is 9.87. The van der Waals surface area contributed by atoms with Crippen molar-refractivity contribution in [2.75, 3.05) is 20.3 Å². The van der Waals surface area contributed by atoms with Crippen molar-refractivity contribution in [3.05, 3.63) is 0 Å². The molecule has 0 unspecified atom stereocenters. The van der Waals surface area contributed by atoms with Crippen molar-refractivity contribution in [1.82, 2.24) is 0 Å². The number of aliphatic hydroxyl groups excluding tert-OH is 4. The van der Waals surface area contributed by atoms with Crippen molar-refractivity contribution in [3.8, 4) is 0 Å². The second kappa shape index (κ2) is 7.16. The molecule has 0 fully saturated rings. The van der Waals surface area contributed by atoms with Crippen molar-refractivity contribution in [2.45, 2.75) is 43.7 Å². The Kier molecular flexibility index (Phi) is 7.05. The normalized spacial score (nSPS) is 21.2. The molecule has 0 aromatic rings. The summed E-state index contributed by atoms with van der Waals surface area (Å²) in [5.74, 6) is 0. The number of rotatable bonds is 8. The molecular formula is C10H22O6. The summed E-state index contributed by atoms with van der Waals surface area (Å²) in [5, 5.41) is 47.1. The second-order valence-corrected chi connectivity index (χ2v) is 3.97. The van der Waals surface area contributed by atoms with E-state index in [0.717, 1.165) is 0 Å². The zero-order valence-corrected chi connectivity index (χ0v) is 9.70. The minimum Gasteiger partial charge on any atom is -0.394 e. The maximum atomic E-state index is 10.1. The van der Waals surface area contributed by atoms with Crippen LogP contribution in [0.3, 0.4) is 0 Å². The van der Waals surface area contributed by atoms with E-state index in [2.05, 4.69) is 0 Å². The number of aliphatic hydroxyl groups is 5. The highest BCUT2D eigenvalue weighted by Gasteiger charge is 2.41. The summed E-state index contributed by atoms with van der Waals surface area (Å²) in [6.45, 7) is 0.965. The lowest BCUT2D eigenvalue weighted by molar-refractivity contribution is -0.178. The van der Waals surface area contributed by atoms with E-state index < -0.39 is 30.5 Å². The smallest absolute Gasteiger partial charge is 0.116 e. The van der Waals surface area contributed by atoms with Gasteiger partial charge in [-0.15, -0.1) is 0 Å². The zero-order valence-electron chi connectivity index (χ0n) is 9.70. The van der Waals surface area contributed by atoms with Gasteiger partial charge in [-0.3, -0.25) is 0 Å². The first-order valence-electron chi connectivity index (χ1n) is 5.29. The van der Waals surface area contributed by atoms with Crippen LogP contribution in [0.4, 0.5) is 0 Å². The molecule has 0 heterocycles. The molecule has 0 saturated heterocycles. The maximum Gasteiger partial charge on any atom is 0.116 e. The van der Waals surface area contributed by atoms with Gasteiger partial charge in [0.2, 0.25) is 0 Å². The Morgan fingerprint density at radius 1 is 1.25 bits per heavy atom. The highest BCUT2D eigenvalue weighted by Crippen LogP contribution is 2.22. The Morgan fingerprint density at radius 3 is 2.19 bits per heavy atom. The summed E-state index contributed by atoms with van der Waals surface area (Å²) in [6.07, 6.45) is -3.88. The molecule has 6 heteroatoms. The monoisotopic (exact) mass is 238 g/mol. The molecule has 0 radical (unpaired) electrons. The van der Waals surface area contributed by atoms with Gasteiger partial charge in [0.25, 0.3) is 0 Å². The van der Waals surface area contributed by atoms with E-state index in [-0.39, 0.29) is 13.0 Å². The van der Waals surface area contributed by atoms with E-state index in [1.807, 2.05) is 6.92 Å². The summed E-state index contributed by atoms with van der Waals surface area (Å²) >= 11 is 0. The minimum atomic E-state index is -1.63. The van der Waals surface area contributed by atoms with Gasteiger partial charge in [0.05, 0.1) is 13.2 Å². The van der Waals surface area contributed by atoms with E-state index in [0.29, 0.717) is 6.42 Å². The molecule has 0 spiro atoms. The van der Waals surface area contributed by atoms with Gasteiger partial charge in [-0.05, 0) is 6.42 Å². The van der Waals surface area contributed by atoms with Gasteiger partial charge in [-0.25, -0.2) is 0 Å². The predicted molar refractivity (Wildman–Crippen MR) is 56.8 cm³/mol.